The van der Waals surface area contributed by atoms with E-state index in [2.05, 4.69) is 0 Å². The van der Waals surface area contributed by atoms with Gasteiger partial charge in [0.15, 0.2) is 5.43 Å². The lowest BCUT2D eigenvalue weighted by Gasteiger charge is -2.12. The Morgan fingerprint density at radius 2 is 1.93 bits per heavy atom. The Bertz CT molecular complexity index is 1180. The van der Waals surface area contributed by atoms with E-state index in [0.29, 0.717) is 40.7 Å². The second-order valence-electron chi connectivity index (χ2n) is 7.32. The van der Waals surface area contributed by atoms with Crippen LogP contribution in [0.3, 0.4) is 0 Å². The van der Waals surface area contributed by atoms with Crippen molar-refractivity contribution in [2.75, 3.05) is 7.11 Å². The zero-order valence-electron chi connectivity index (χ0n) is 16.7. The Morgan fingerprint density at radius 1 is 1.14 bits per heavy atom. The highest BCUT2D eigenvalue weighted by Crippen LogP contribution is 2.35. The predicted octanol–water partition coefficient (Wildman–Crippen LogP) is 4.85. The van der Waals surface area contributed by atoms with E-state index in [-0.39, 0.29) is 11.5 Å². The zero-order valence-corrected chi connectivity index (χ0v) is 16.7. The molecule has 0 fully saturated rings. The molecule has 148 valence electrons. The minimum Gasteiger partial charge on any atom is -0.490 e. The lowest BCUT2D eigenvalue weighted by molar-refractivity contribution is 0.0601. The highest BCUT2D eigenvalue weighted by atomic mass is 16.5. The number of rotatable bonds is 4. The van der Waals surface area contributed by atoms with Crippen LogP contribution < -0.4 is 10.2 Å². The molecule has 3 aromatic rings. The van der Waals surface area contributed by atoms with E-state index in [1.807, 2.05) is 44.2 Å². The van der Waals surface area contributed by atoms with Crippen molar-refractivity contribution in [1.29, 1.82) is 0 Å². The number of carbonyl (C=O) groups excluding carboxylic acids is 1. The Kier molecular flexibility index (Phi) is 4.97. The van der Waals surface area contributed by atoms with Gasteiger partial charge >= 0.3 is 5.97 Å². The lowest BCUT2D eigenvalue weighted by atomic mass is 10.1. The number of hydrogen-bond acceptors (Lipinski definition) is 5. The summed E-state index contributed by atoms with van der Waals surface area (Å²) in [6.45, 7) is 3.98. The summed E-state index contributed by atoms with van der Waals surface area (Å²) >= 11 is 0. The minimum absolute atomic E-state index is 0.0660. The van der Waals surface area contributed by atoms with Crippen LogP contribution in [0.25, 0.3) is 22.6 Å². The third-order valence-electron chi connectivity index (χ3n) is 4.95. The molecule has 29 heavy (non-hydrogen) atoms. The molecule has 1 heterocycles. The lowest BCUT2D eigenvalue weighted by Crippen LogP contribution is -2.10. The standard InChI is InChI=1S/C24H22O5/c1-14(2)28-20-7-5-4-6-15(20)12-16-8-10-18-22(25)19-13-17(24(26)27-3)9-11-21(19)29-23(16)18/h4-7,9,11-14H,8,10H2,1-3H3. The van der Waals surface area contributed by atoms with Crippen LogP contribution in [-0.4, -0.2) is 19.2 Å². The maximum atomic E-state index is 13.0. The fourth-order valence-corrected chi connectivity index (χ4v) is 3.62. The molecule has 0 unspecified atom stereocenters. The van der Waals surface area contributed by atoms with E-state index in [4.69, 9.17) is 13.9 Å². The Labute approximate surface area is 168 Å². The van der Waals surface area contributed by atoms with Crippen molar-refractivity contribution in [2.24, 2.45) is 0 Å². The first kappa shape index (κ1) is 19.0. The van der Waals surface area contributed by atoms with Gasteiger partial charge in [-0.1, -0.05) is 18.2 Å². The third-order valence-corrected chi connectivity index (χ3v) is 4.95. The summed E-state index contributed by atoms with van der Waals surface area (Å²) in [6.07, 6.45) is 3.41. The number of benzene rings is 2. The molecule has 0 saturated carbocycles. The normalized spacial score (nSPS) is 14.4. The van der Waals surface area contributed by atoms with Gasteiger partial charge in [0.25, 0.3) is 0 Å². The molecule has 0 saturated heterocycles. The van der Waals surface area contributed by atoms with Crippen LogP contribution in [0.5, 0.6) is 5.75 Å². The Morgan fingerprint density at radius 3 is 2.69 bits per heavy atom. The van der Waals surface area contributed by atoms with Crippen LogP contribution in [0.1, 0.15) is 47.5 Å². The Hall–Kier alpha value is -3.34. The van der Waals surface area contributed by atoms with Crippen molar-refractivity contribution in [3.63, 3.8) is 0 Å². The molecule has 0 atom stereocenters. The maximum Gasteiger partial charge on any atom is 0.337 e. The van der Waals surface area contributed by atoms with Crippen LogP contribution >= 0.6 is 0 Å². The summed E-state index contributed by atoms with van der Waals surface area (Å²) in [4.78, 5) is 24.8. The van der Waals surface area contributed by atoms with Crippen LogP contribution in [0.15, 0.2) is 51.7 Å². The van der Waals surface area contributed by atoms with Crippen LogP contribution in [0.4, 0.5) is 0 Å². The molecule has 0 bridgehead atoms. The van der Waals surface area contributed by atoms with Crippen molar-refractivity contribution in [1.82, 2.24) is 0 Å². The number of fused-ring (bicyclic) bond motifs is 2. The van der Waals surface area contributed by atoms with E-state index in [0.717, 1.165) is 16.9 Å². The fourth-order valence-electron chi connectivity index (χ4n) is 3.62. The summed E-state index contributed by atoms with van der Waals surface area (Å²) in [7, 11) is 1.32. The fraction of sp³-hybridized carbons (Fsp3) is 0.250. The number of para-hydroxylation sites is 1. The van der Waals surface area contributed by atoms with Gasteiger partial charge in [0.1, 0.15) is 17.1 Å². The predicted molar refractivity (Wildman–Crippen MR) is 112 cm³/mol. The summed E-state index contributed by atoms with van der Waals surface area (Å²) < 4.78 is 16.7. The topological polar surface area (TPSA) is 65.7 Å². The van der Waals surface area contributed by atoms with Crippen LogP contribution in [0.2, 0.25) is 0 Å². The summed E-state index contributed by atoms with van der Waals surface area (Å²) in [5, 5.41) is 0.399. The first-order valence-electron chi connectivity index (χ1n) is 9.62. The summed E-state index contributed by atoms with van der Waals surface area (Å²) in [5.41, 5.74) is 3.26. The van der Waals surface area contributed by atoms with Gasteiger partial charge in [0.2, 0.25) is 0 Å². The molecule has 5 heteroatoms. The van der Waals surface area contributed by atoms with Crippen molar-refractivity contribution in [3.05, 3.63) is 75.1 Å². The van der Waals surface area contributed by atoms with Crippen molar-refractivity contribution in [3.8, 4) is 5.75 Å². The third kappa shape index (κ3) is 3.56. The van der Waals surface area contributed by atoms with Crippen molar-refractivity contribution >= 4 is 28.6 Å². The Balaban J connectivity index is 1.81. The number of ether oxygens (including phenoxy) is 2. The van der Waals surface area contributed by atoms with Gasteiger partial charge in [0.05, 0.1) is 24.2 Å². The van der Waals surface area contributed by atoms with Crippen molar-refractivity contribution in [2.45, 2.75) is 32.8 Å². The highest BCUT2D eigenvalue weighted by Gasteiger charge is 2.25. The van der Waals surface area contributed by atoms with E-state index >= 15 is 0 Å². The number of hydrogen-bond donors (Lipinski definition) is 0. The second-order valence-corrected chi connectivity index (χ2v) is 7.32. The van der Waals surface area contributed by atoms with Gasteiger partial charge in [0, 0.05) is 11.1 Å². The molecule has 0 amide bonds. The van der Waals surface area contributed by atoms with Gasteiger partial charge in [-0.05, 0) is 62.6 Å². The molecule has 5 nitrogen and oxygen atoms in total. The average Bonchev–Trinajstić information content (AvgIpc) is 3.11. The van der Waals surface area contributed by atoms with Gasteiger partial charge in [-0.25, -0.2) is 4.79 Å². The maximum absolute atomic E-state index is 13.0. The monoisotopic (exact) mass is 390 g/mol. The largest absolute Gasteiger partial charge is 0.490 e. The van der Waals surface area contributed by atoms with E-state index < -0.39 is 5.97 Å². The molecular weight excluding hydrogens is 368 g/mol. The van der Waals surface area contributed by atoms with Gasteiger partial charge in [-0.15, -0.1) is 0 Å². The molecule has 0 spiro atoms. The molecular formula is C24H22O5. The zero-order chi connectivity index (χ0) is 20.5. The van der Waals surface area contributed by atoms with Crippen molar-refractivity contribution < 1.29 is 18.7 Å². The minimum atomic E-state index is -0.478. The summed E-state index contributed by atoms with van der Waals surface area (Å²) in [5.74, 6) is 0.941. The van der Waals surface area contributed by atoms with Gasteiger partial charge in [-0.3, -0.25) is 4.79 Å². The summed E-state index contributed by atoms with van der Waals surface area (Å²) in [6, 6.07) is 12.6. The average molecular weight is 390 g/mol. The van der Waals surface area contributed by atoms with Crippen LogP contribution in [-0.2, 0) is 11.2 Å². The number of allylic oxidation sites excluding steroid dienone is 1. The molecule has 0 N–H and O–H groups in total. The molecule has 1 aliphatic carbocycles. The number of carbonyl (C=O) groups is 1. The first-order chi connectivity index (χ1) is 14.0. The molecule has 0 radical (unpaired) electrons. The highest BCUT2D eigenvalue weighted by molar-refractivity contribution is 5.95. The quantitative estimate of drug-likeness (QED) is 0.596. The molecule has 4 rings (SSSR count). The van der Waals surface area contributed by atoms with Gasteiger partial charge < -0.3 is 13.9 Å². The molecule has 1 aliphatic rings. The van der Waals surface area contributed by atoms with Crippen LogP contribution in [0, 0.1) is 0 Å². The van der Waals surface area contributed by atoms with E-state index in [1.54, 1.807) is 18.2 Å². The SMILES string of the molecule is COC(=O)c1ccc2oc3c(c(=O)c2c1)CCC3=Cc1ccccc1OC(C)C. The smallest absolute Gasteiger partial charge is 0.337 e. The van der Waals surface area contributed by atoms with E-state index in [1.165, 1.54) is 7.11 Å². The number of methoxy groups -OCH3 is 1. The molecule has 0 aliphatic heterocycles. The first-order valence-corrected chi connectivity index (χ1v) is 9.62. The number of esters is 1. The van der Waals surface area contributed by atoms with Gasteiger partial charge in [-0.2, -0.15) is 0 Å². The second kappa shape index (κ2) is 7.59. The van der Waals surface area contributed by atoms with E-state index in [9.17, 15) is 9.59 Å². The molecule has 2 aromatic carbocycles. The molecule has 1 aromatic heterocycles.